The zero-order chi connectivity index (χ0) is 14.8. The van der Waals surface area contributed by atoms with Gasteiger partial charge < -0.3 is 20.3 Å². The predicted octanol–water partition coefficient (Wildman–Crippen LogP) is 1.73. The molecule has 3 N–H and O–H groups in total. The molecular weight excluding hydrogens is 254 g/mol. The molecule has 0 saturated carbocycles. The van der Waals surface area contributed by atoms with Crippen LogP contribution in [0.4, 0.5) is 0 Å². The number of aryl methyl sites for hydroxylation is 1. The Hall–Kier alpha value is -1.10. The lowest BCUT2D eigenvalue weighted by atomic mass is 10.0. The van der Waals surface area contributed by atoms with Crippen molar-refractivity contribution in [1.29, 1.82) is 0 Å². The van der Waals surface area contributed by atoms with Gasteiger partial charge in [0.1, 0.15) is 18.5 Å². The first-order chi connectivity index (χ1) is 9.67. The monoisotopic (exact) mass is 281 g/mol. The second-order valence-electron chi connectivity index (χ2n) is 5.18. The molecule has 0 heterocycles. The van der Waals surface area contributed by atoms with Gasteiger partial charge in [-0.1, -0.05) is 31.5 Å². The quantitative estimate of drug-likeness (QED) is 0.611. The van der Waals surface area contributed by atoms with Gasteiger partial charge in [-0.2, -0.15) is 0 Å². The first-order valence-electron chi connectivity index (χ1n) is 7.35. The van der Waals surface area contributed by atoms with Crippen molar-refractivity contribution in [1.82, 2.24) is 5.32 Å². The maximum Gasteiger partial charge on any atom is 0.122 e. The van der Waals surface area contributed by atoms with Crippen molar-refractivity contribution in [2.75, 3.05) is 26.3 Å². The standard InChI is InChI=1S/C16H27NO3/c1-3-14(8-9-18)10-17-11-15(19)12-20-16-7-5-4-6-13(16)2/h4-7,14-15,17-19H,3,8-12H2,1-2H3. The van der Waals surface area contributed by atoms with E-state index in [1.165, 1.54) is 0 Å². The van der Waals surface area contributed by atoms with Crippen LogP contribution in [-0.2, 0) is 0 Å². The SMILES string of the molecule is CCC(CCO)CNCC(O)COc1ccccc1C. The molecule has 0 aromatic heterocycles. The summed E-state index contributed by atoms with van der Waals surface area (Å²) in [7, 11) is 0. The fraction of sp³-hybridized carbons (Fsp3) is 0.625. The second kappa shape index (κ2) is 9.75. The van der Waals surface area contributed by atoms with E-state index in [0.717, 1.165) is 30.7 Å². The lowest BCUT2D eigenvalue weighted by Gasteiger charge is -2.17. The van der Waals surface area contributed by atoms with Crippen LogP contribution in [0.5, 0.6) is 5.75 Å². The molecule has 0 bridgehead atoms. The van der Waals surface area contributed by atoms with Crippen molar-refractivity contribution in [3.63, 3.8) is 0 Å². The van der Waals surface area contributed by atoms with Crippen LogP contribution in [0.25, 0.3) is 0 Å². The van der Waals surface area contributed by atoms with Crippen molar-refractivity contribution >= 4 is 0 Å². The summed E-state index contributed by atoms with van der Waals surface area (Å²) in [6, 6.07) is 7.78. The number of rotatable bonds is 10. The van der Waals surface area contributed by atoms with Crippen molar-refractivity contribution in [3.05, 3.63) is 29.8 Å². The zero-order valence-electron chi connectivity index (χ0n) is 12.5. The molecule has 1 aromatic carbocycles. The largest absolute Gasteiger partial charge is 0.491 e. The third-order valence-corrected chi connectivity index (χ3v) is 3.45. The normalized spacial score (nSPS) is 14.0. The third kappa shape index (κ3) is 6.37. The number of hydrogen-bond acceptors (Lipinski definition) is 4. The van der Waals surface area contributed by atoms with Crippen molar-refractivity contribution in [2.45, 2.75) is 32.8 Å². The number of ether oxygens (including phenoxy) is 1. The molecule has 1 aromatic rings. The molecule has 0 radical (unpaired) electrons. The number of hydrogen-bond donors (Lipinski definition) is 3. The summed E-state index contributed by atoms with van der Waals surface area (Å²) in [6.07, 6.45) is 1.31. The lowest BCUT2D eigenvalue weighted by Crippen LogP contribution is -2.34. The van der Waals surface area contributed by atoms with Crippen LogP contribution in [0.15, 0.2) is 24.3 Å². The first kappa shape index (κ1) is 17.0. The average Bonchev–Trinajstić information content (AvgIpc) is 2.45. The van der Waals surface area contributed by atoms with Crippen LogP contribution in [-0.4, -0.2) is 42.6 Å². The second-order valence-corrected chi connectivity index (χ2v) is 5.18. The predicted molar refractivity (Wildman–Crippen MR) is 81.0 cm³/mol. The molecule has 114 valence electrons. The Bertz CT molecular complexity index is 370. The summed E-state index contributed by atoms with van der Waals surface area (Å²) in [6.45, 7) is 5.93. The molecule has 2 atom stereocenters. The van der Waals surface area contributed by atoms with E-state index in [9.17, 15) is 5.11 Å². The smallest absolute Gasteiger partial charge is 0.122 e. The molecule has 0 saturated heterocycles. The highest BCUT2D eigenvalue weighted by Crippen LogP contribution is 2.16. The topological polar surface area (TPSA) is 61.7 Å². The highest BCUT2D eigenvalue weighted by atomic mass is 16.5. The summed E-state index contributed by atoms with van der Waals surface area (Å²) >= 11 is 0. The van der Waals surface area contributed by atoms with Crippen LogP contribution in [0, 0.1) is 12.8 Å². The number of aliphatic hydroxyl groups excluding tert-OH is 2. The first-order valence-corrected chi connectivity index (χ1v) is 7.35. The Morgan fingerprint density at radius 3 is 2.65 bits per heavy atom. The molecule has 0 aliphatic heterocycles. The van der Waals surface area contributed by atoms with E-state index in [4.69, 9.17) is 9.84 Å². The molecular formula is C16H27NO3. The van der Waals surface area contributed by atoms with E-state index in [1.54, 1.807) is 0 Å². The fourth-order valence-electron chi connectivity index (χ4n) is 2.05. The molecule has 4 nitrogen and oxygen atoms in total. The van der Waals surface area contributed by atoms with Gasteiger partial charge in [-0.15, -0.1) is 0 Å². The minimum Gasteiger partial charge on any atom is -0.491 e. The Kier molecular flexibility index (Phi) is 8.26. The van der Waals surface area contributed by atoms with Crippen LogP contribution in [0.1, 0.15) is 25.3 Å². The molecule has 2 unspecified atom stereocenters. The van der Waals surface area contributed by atoms with E-state index in [2.05, 4.69) is 12.2 Å². The highest BCUT2D eigenvalue weighted by molar-refractivity contribution is 5.31. The average molecular weight is 281 g/mol. The van der Waals surface area contributed by atoms with Gasteiger partial charge in [0, 0.05) is 13.2 Å². The minimum absolute atomic E-state index is 0.221. The summed E-state index contributed by atoms with van der Waals surface area (Å²) in [5.74, 6) is 1.28. The highest BCUT2D eigenvalue weighted by Gasteiger charge is 2.09. The summed E-state index contributed by atoms with van der Waals surface area (Å²) in [5.41, 5.74) is 1.07. The Labute approximate surface area is 121 Å². The van der Waals surface area contributed by atoms with Gasteiger partial charge in [0.2, 0.25) is 0 Å². The van der Waals surface area contributed by atoms with Gasteiger partial charge >= 0.3 is 0 Å². The van der Waals surface area contributed by atoms with E-state index >= 15 is 0 Å². The van der Waals surface area contributed by atoms with Crippen LogP contribution < -0.4 is 10.1 Å². The molecule has 4 heteroatoms. The third-order valence-electron chi connectivity index (χ3n) is 3.45. The number of benzene rings is 1. The van der Waals surface area contributed by atoms with Gasteiger partial charge in [0.05, 0.1) is 0 Å². The van der Waals surface area contributed by atoms with Crippen LogP contribution >= 0.6 is 0 Å². The van der Waals surface area contributed by atoms with Crippen LogP contribution in [0.3, 0.4) is 0 Å². The minimum atomic E-state index is -0.527. The van der Waals surface area contributed by atoms with Gasteiger partial charge in [-0.05, 0) is 37.4 Å². The molecule has 0 spiro atoms. The molecule has 20 heavy (non-hydrogen) atoms. The van der Waals surface area contributed by atoms with Gasteiger partial charge in [0.15, 0.2) is 0 Å². The molecule has 0 aliphatic rings. The van der Waals surface area contributed by atoms with Gasteiger partial charge in [0.25, 0.3) is 0 Å². The van der Waals surface area contributed by atoms with Crippen molar-refractivity contribution in [2.24, 2.45) is 5.92 Å². The molecule has 0 aliphatic carbocycles. The Morgan fingerprint density at radius 2 is 2.00 bits per heavy atom. The fourth-order valence-corrected chi connectivity index (χ4v) is 2.05. The van der Waals surface area contributed by atoms with Crippen molar-refractivity contribution in [3.8, 4) is 5.75 Å². The van der Waals surface area contributed by atoms with Crippen LogP contribution in [0.2, 0.25) is 0 Å². The lowest BCUT2D eigenvalue weighted by molar-refractivity contribution is 0.104. The van der Waals surface area contributed by atoms with E-state index in [0.29, 0.717) is 12.5 Å². The molecule has 0 fully saturated rings. The van der Waals surface area contributed by atoms with E-state index in [1.807, 2.05) is 31.2 Å². The maximum atomic E-state index is 9.88. The number of para-hydroxylation sites is 1. The Morgan fingerprint density at radius 1 is 1.25 bits per heavy atom. The van der Waals surface area contributed by atoms with Crippen molar-refractivity contribution < 1.29 is 14.9 Å². The van der Waals surface area contributed by atoms with E-state index < -0.39 is 6.10 Å². The van der Waals surface area contributed by atoms with Gasteiger partial charge in [-0.25, -0.2) is 0 Å². The van der Waals surface area contributed by atoms with E-state index in [-0.39, 0.29) is 13.2 Å². The summed E-state index contributed by atoms with van der Waals surface area (Å²) in [5, 5.41) is 22.0. The zero-order valence-corrected chi connectivity index (χ0v) is 12.5. The molecule has 1 rings (SSSR count). The van der Waals surface area contributed by atoms with Gasteiger partial charge in [-0.3, -0.25) is 0 Å². The summed E-state index contributed by atoms with van der Waals surface area (Å²) < 4.78 is 5.60. The summed E-state index contributed by atoms with van der Waals surface area (Å²) in [4.78, 5) is 0. The number of aliphatic hydroxyl groups is 2. The number of nitrogens with one attached hydrogen (secondary N) is 1. The maximum absolute atomic E-state index is 9.88. The molecule has 0 amide bonds. The Balaban J connectivity index is 2.20.